The van der Waals surface area contributed by atoms with Crippen LogP contribution in [0, 0.1) is 5.92 Å². The van der Waals surface area contributed by atoms with E-state index >= 15 is 0 Å². The second kappa shape index (κ2) is 5.40. The Morgan fingerprint density at radius 1 is 1.59 bits per heavy atom. The van der Waals surface area contributed by atoms with E-state index in [1.165, 1.54) is 0 Å². The third-order valence-electron chi connectivity index (χ3n) is 2.92. The Bertz CT molecular complexity index is 429. The van der Waals surface area contributed by atoms with E-state index in [-0.39, 0.29) is 10.7 Å². The number of carbonyl (C=O) groups excluding carboxylic acids is 1. The van der Waals surface area contributed by atoms with Crippen molar-refractivity contribution in [2.75, 3.05) is 7.11 Å². The van der Waals surface area contributed by atoms with Crippen molar-refractivity contribution < 1.29 is 9.53 Å². The van der Waals surface area contributed by atoms with Gasteiger partial charge in [0.1, 0.15) is 11.5 Å². The van der Waals surface area contributed by atoms with Gasteiger partial charge in [-0.05, 0) is 37.0 Å². The summed E-state index contributed by atoms with van der Waals surface area (Å²) >= 11 is 9.41. The van der Waals surface area contributed by atoms with Crippen LogP contribution in [0.2, 0.25) is 5.02 Å². The number of ether oxygens (including phenoxy) is 1. The van der Waals surface area contributed by atoms with Crippen LogP contribution in [0.4, 0.5) is 0 Å². The number of ketones is 1. The van der Waals surface area contributed by atoms with Crippen LogP contribution in [-0.2, 0) is 11.2 Å². The third kappa shape index (κ3) is 3.23. The predicted molar refractivity (Wildman–Crippen MR) is 72.2 cm³/mol. The number of hydrogen-bond donors (Lipinski definition) is 0. The average molecular weight is 318 g/mol. The molecule has 1 saturated carbocycles. The summed E-state index contributed by atoms with van der Waals surface area (Å²) in [6.45, 7) is 0. The molecule has 1 unspecified atom stereocenters. The lowest BCUT2D eigenvalue weighted by Crippen LogP contribution is -2.18. The molecule has 4 heteroatoms. The molecule has 0 amide bonds. The van der Waals surface area contributed by atoms with Crippen molar-refractivity contribution >= 4 is 33.3 Å². The summed E-state index contributed by atoms with van der Waals surface area (Å²) < 4.78 is 5.16. The number of alkyl halides is 1. The SMILES string of the molecule is COc1cc(CC(Br)C(=O)C2CC2)ccc1Cl. The minimum atomic E-state index is -0.0964. The Labute approximate surface area is 114 Å². The first-order chi connectivity index (χ1) is 8.11. The summed E-state index contributed by atoms with van der Waals surface area (Å²) in [5.74, 6) is 1.26. The van der Waals surface area contributed by atoms with Crippen molar-refractivity contribution in [1.82, 2.24) is 0 Å². The lowest BCUT2D eigenvalue weighted by Gasteiger charge is -2.10. The monoisotopic (exact) mass is 316 g/mol. The summed E-state index contributed by atoms with van der Waals surface area (Å²) in [6.07, 6.45) is 2.78. The van der Waals surface area contributed by atoms with Crippen molar-refractivity contribution in [3.8, 4) is 5.75 Å². The Morgan fingerprint density at radius 3 is 2.88 bits per heavy atom. The van der Waals surface area contributed by atoms with Crippen molar-refractivity contribution in [1.29, 1.82) is 0 Å². The van der Waals surface area contributed by atoms with Crippen molar-refractivity contribution in [2.24, 2.45) is 5.92 Å². The third-order valence-corrected chi connectivity index (χ3v) is 4.01. The Balaban J connectivity index is 2.04. The first-order valence-corrected chi connectivity index (χ1v) is 6.91. The van der Waals surface area contributed by atoms with E-state index in [0.29, 0.717) is 23.0 Å². The largest absolute Gasteiger partial charge is 0.495 e. The van der Waals surface area contributed by atoms with E-state index in [2.05, 4.69) is 15.9 Å². The van der Waals surface area contributed by atoms with E-state index in [4.69, 9.17) is 16.3 Å². The van der Waals surface area contributed by atoms with Gasteiger partial charge in [-0.1, -0.05) is 33.6 Å². The minimum absolute atomic E-state index is 0.0964. The normalized spacial score (nSPS) is 16.6. The molecule has 0 aliphatic heterocycles. The van der Waals surface area contributed by atoms with E-state index in [9.17, 15) is 4.79 Å². The van der Waals surface area contributed by atoms with Gasteiger partial charge in [0.05, 0.1) is 17.0 Å². The Kier molecular flexibility index (Phi) is 4.10. The molecule has 1 fully saturated rings. The number of carbonyl (C=O) groups is 1. The molecule has 0 saturated heterocycles. The Hall–Kier alpha value is -0.540. The maximum absolute atomic E-state index is 11.8. The molecule has 1 atom stereocenters. The number of benzene rings is 1. The number of methoxy groups -OCH3 is 1. The molecule has 1 aromatic carbocycles. The maximum Gasteiger partial charge on any atom is 0.149 e. The van der Waals surface area contributed by atoms with Crippen LogP contribution in [0.15, 0.2) is 18.2 Å². The topological polar surface area (TPSA) is 26.3 Å². The number of halogens is 2. The van der Waals surface area contributed by atoms with Crippen molar-refractivity contribution in [3.05, 3.63) is 28.8 Å². The van der Waals surface area contributed by atoms with Gasteiger partial charge in [0.2, 0.25) is 0 Å². The summed E-state index contributed by atoms with van der Waals surface area (Å²) in [6, 6.07) is 5.62. The molecular formula is C13H14BrClO2. The molecule has 0 aromatic heterocycles. The van der Waals surface area contributed by atoms with Gasteiger partial charge in [0.15, 0.2) is 0 Å². The van der Waals surface area contributed by atoms with Gasteiger partial charge < -0.3 is 4.74 Å². The van der Waals surface area contributed by atoms with Crippen LogP contribution in [0.1, 0.15) is 18.4 Å². The second-order valence-corrected chi connectivity index (χ2v) is 5.83. The number of Topliss-reactive ketones (excluding diaryl/α,β-unsaturated/α-hetero) is 1. The zero-order valence-electron chi connectivity index (χ0n) is 9.58. The fraction of sp³-hybridized carbons (Fsp3) is 0.462. The van der Waals surface area contributed by atoms with Gasteiger partial charge in [0, 0.05) is 5.92 Å². The van der Waals surface area contributed by atoms with Crippen LogP contribution in [-0.4, -0.2) is 17.7 Å². The van der Waals surface area contributed by atoms with Crippen molar-refractivity contribution in [3.63, 3.8) is 0 Å². The summed E-state index contributed by atoms with van der Waals surface area (Å²) in [4.78, 5) is 11.7. The standard InChI is InChI=1S/C13H14BrClO2/c1-17-12-7-8(2-5-11(12)15)6-10(14)13(16)9-3-4-9/h2,5,7,9-10H,3-4,6H2,1H3. The van der Waals surface area contributed by atoms with Gasteiger partial charge in [-0.25, -0.2) is 0 Å². The van der Waals surface area contributed by atoms with Gasteiger partial charge in [-0.2, -0.15) is 0 Å². The molecule has 0 heterocycles. The van der Waals surface area contributed by atoms with E-state index in [1.54, 1.807) is 13.2 Å². The van der Waals surface area contributed by atoms with Crippen molar-refractivity contribution in [2.45, 2.75) is 24.1 Å². The van der Waals surface area contributed by atoms with Crippen LogP contribution in [0.3, 0.4) is 0 Å². The average Bonchev–Trinajstić information content (AvgIpc) is 3.14. The molecule has 17 heavy (non-hydrogen) atoms. The molecular weight excluding hydrogens is 303 g/mol. The minimum Gasteiger partial charge on any atom is -0.495 e. The molecule has 0 bridgehead atoms. The molecule has 92 valence electrons. The highest BCUT2D eigenvalue weighted by Gasteiger charge is 2.33. The van der Waals surface area contributed by atoms with E-state index in [1.807, 2.05) is 12.1 Å². The van der Waals surface area contributed by atoms with Crippen LogP contribution < -0.4 is 4.74 Å². The zero-order valence-corrected chi connectivity index (χ0v) is 11.9. The maximum atomic E-state index is 11.8. The molecule has 2 rings (SSSR count). The molecule has 1 aliphatic rings. The lowest BCUT2D eigenvalue weighted by atomic mass is 10.1. The summed E-state index contributed by atoms with van der Waals surface area (Å²) in [5, 5.41) is 0.593. The zero-order chi connectivity index (χ0) is 12.4. The van der Waals surface area contributed by atoms with E-state index < -0.39 is 0 Å². The molecule has 0 radical (unpaired) electrons. The van der Waals surface area contributed by atoms with Crippen LogP contribution in [0.5, 0.6) is 5.75 Å². The summed E-state index contributed by atoms with van der Waals surface area (Å²) in [5.41, 5.74) is 1.06. The first kappa shape index (κ1) is 12.9. The molecule has 1 aliphatic carbocycles. The second-order valence-electron chi connectivity index (χ2n) is 4.32. The highest BCUT2D eigenvalue weighted by molar-refractivity contribution is 9.10. The molecule has 0 spiro atoms. The lowest BCUT2D eigenvalue weighted by molar-refractivity contribution is -0.119. The van der Waals surface area contributed by atoms with Gasteiger partial charge in [-0.3, -0.25) is 4.79 Å². The Morgan fingerprint density at radius 2 is 2.29 bits per heavy atom. The van der Waals surface area contributed by atoms with Crippen LogP contribution in [0.25, 0.3) is 0 Å². The number of rotatable bonds is 5. The number of hydrogen-bond acceptors (Lipinski definition) is 2. The highest BCUT2D eigenvalue weighted by atomic mass is 79.9. The predicted octanol–water partition coefficient (Wildman–Crippen LogP) is 3.63. The van der Waals surface area contributed by atoms with Gasteiger partial charge in [-0.15, -0.1) is 0 Å². The highest BCUT2D eigenvalue weighted by Crippen LogP contribution is 2.34. The van der Waals surface area contributed by atoms with E-state index in [0.717, 1.165) is 18.4 Å². The molecule has 0 N–H and O–H groups in total. The van der Waals surface area contributed by atoms with Gasteiger partial charge >= 0.3 is 0 Å². The molecule has 2 nitrogen and oxygen atoms in total. The van der Waals surface area contributed by atoms with Gasteiger partial charge in [0.25, 0.3) is 0 Å². The fourth-order valence-electron chi connectivity index (χ4n) is 1.76. The summed E-state index contributed by atoms with van der Waals surface area (Å²) in [7, 11) is 1.59. The van der Waals surface area contributed by atoms with Crippen LogP contribution >= 0.6 is 27.5 Å². The smallest absolute Gasteiger partial charge is 0.149 e. The quantitative estimate of drug-likeness (QED) is 0.775. The molecule has 1 aromatic rings. The first-order valence-electron chi connectivity index (χ1n) is 5.62. The fourth-order valence-corrected chi connectivity index (χ4v) is 2.70.